The molecular formula is C13H13ClN2O5S. The molecule has 9 heteroatoms. The van der Waals surface area contributed by atoms with Crippen LogP contribution in [0.25, 0.3) is 11.3 Å². The molecule has 0 aliphatic carbocycles. The summed E-state index contributed by atoms with van der Waals surface area (Å²) in [6.45, 7) is 1.76. The molecule has 0 unspecified atom stereocenters. The Morgan fingerprint density at radius 2 is 2.00 bits per heavy atom. The van der Waals surface area contributed by atoms with Gasteiger partial charge in [0, 0.05) is 10.6 Å². The van der Waals surface area contributed by atoms with Gasteiger partial charge in [-0.1, -0.05) is 28.9 Å². The smallest absolute Gasteiger partial charge is 0.346 e. The van der Waals surface area contributed by atoms with Gasteiger partial charge in [0.2, 0.25) is 10.0 Å². The minimum Gasteiger partial charge on any atom is -0.462 e. The standard InChI is InChI=1S/C13H13ClN2O5S/c1-3-20-13(17)10-11(8-4-6-9(14)7-5-8)15-21-12(10)16-22(2,18)19/h4-7,16H,3H2,1-2H3. The molecule has 0 aliphatic heterocycles. The average Bonchev–Trinajstić information content (AvgIpc) is 2.81. The maximum atomic E-state index is 12.1. The number of rotatable bonds is 5. The second-order valence-corrected chi connectivity index (χ2v) is 6.52. The van der Waals surface area contributed by atoms with Gasteiger partial charge >= 0.3 is 5.97 Å². The third-order valence-electron chi connectivity index (χ3n) is 2.57. The number of benzene rings is 1. The number of nitrogens with one attached hydrogen (secondary N) is 1. The number of hydrogen-bond acceptors (Lipinski definition) is 6. The Morgan fingerprint density at radius 3 is 2.55 bits per heavy atom. The normalized spacial score (nSPS) is 11.2. The van der Waals surface area contributed by atoms with Crippen molar-refractivity contribution in [3.63, 3.8) is 0 Å². The molecule has 1 aromatic heterocycles. The highest BCUT2D eigenvalue weighted by Gasteiger charge is 2.27. The maximum absolute atomic E-state index is 12.1. The van der Waals surface area contributed by atoms with Gasteiger partial charge in [-0.25, -0.2) is 13.2 Å². The Morgan fingerprint density at radius 1 is 1.36 bits per heavy atom. The first kappa shape index (κ1) is 16.3. The number of sulfonamides is 1. The van der Waals surface area contributed by atoms with Gasteiger partial charge in [0.25, 0.3) is 5.88 Å². The molecule has 2 rings (SSSR count). The van der Waals surface area contributed by atoms with Crippen LogP contribution < -0.4 is 4.72 Å². The molecule has 22 heavy (non-hydrogen) atoms. The first-order valence-electron chi connectivity index (χ1n) is 6.22. The van der Waals surface area contributed by atoms with Crippen molar-refractivity contribution in [1.82, 2.24) is 5.16 Å². The molecule has 2 aromatic rings. The quantitative estimate of drug-likeness (QED) is 0.837. The van der Waals surface area contributed by atoms with Crippen molar-refractivity contribution in [1.29, 1.82) is 0 Å². The topological polar surface area (TPSA) is 98.5 Å². The lowest BCUT2D eigenvalue weighted by molar-refractivity contribution is 0.0528. The third kappa shape index (κ3) is 3.77. The molecule has 0 spiro atoms. The lowest BCUT2D eigenvalue weighted by Crippen LogP contribution is -2.13. The first-order valence-corrected chi connectivity index (χ1v) is 8.49. The SMILES string of the molecule is CCOC(=O)c1c(-c2ccc(Cl)cc2)noc1NS(C)(=O)=O. The zero-order chi connectivity index (χ0) is 16.3. The summed E-state index contributed by atoms with van der Waals surface area (Å²) in [5.41, 5.74) is 0.619. The van der Waals surface area contributed by atoms with E-state index < -0.39 is 16.0 Å². The molecule has 1 aromatic carbocycles. The fourth-order valence-corrected chi connectivity index (χ4v) is 2.33. The molecule has 0 saturated heterocycles. The minimum atomic E-state index is -3.64. The van der Waals surface area contributed by atoms with Crippen LogP contribution in [-0.4, -0.2) is 32.4 Å². The van der Waals surface area contributed by atoms with E-state index in [1.807, 2.05) is 0 Å². The number of nitrogens with zero attached hydrogens (tertiary/aromatic N) is 1. The minimum absolute atomic E-state index is 0.0883. The van der Waals surface area contributed by atoms with Crippen LogP contribution in [0.1, 0.15) is 17.3 Å². The second-order valence-electron chi connectivity index (χ2n) is 4.34. The highest BCUT2D eigenvalue weighted by atomic mass is 35.5. The lowest BCUT2D eigenvalue weighted by atomic mass is 10.1. The van der Waals surface area contributed by atoms with E-state index in [1.54, 1.807) is 31.2 Å². The Hall–Kier alpha value is -2.06. The zero-order valence-corrected chi connectivity index (χ0v) is 13.4. The molecule has 0 fully saturated rings. The summed E-state index contributed by atoms with van der Waals surface area (Å²) in [5.74, 6) is -1.02. The van der Waals surface area contributed by atoms with Crippen LogP contribution in [0.3, 0.4) is 0 Å². The lowest BCUT2D eigenvalue weighted by Gasteiger charge is -2.05. The summed E-state index contributed by atoms with van der Waals surface area (Å²) in [5, 5.41) is 4.27. The van der Waals surface area contributed by atoms with E-state index in [1.165, 1.54) is 0 Å². The van der Waals surface area contributed by atoms with Crippen molar-refractivity contribution >= 4 is 33.5 Å². The highest BCUT2D eigenvalue weighted by Crippen LogP contribution is 2.30. The van der Waals surface area contributed by atoms with E-state index in [2.05, 4.69) is 9.88 Å². The Bertz CT molecular complexity index is 783. The van der Waals surface area contributed by atoms with E-state index in [4.69, 9.17) is 20.9 Å². The van der Waals surface area contributed by atoms with Crippen LogP contribution >= 0.6 is 11.6 Å². The van der Waals surface area contributed by atoms with Gasteiger partial charge in [0.1, 0.15) is 5.69 Å². The van der Waals surface area contributed by atoms with Crippen LogP contribution in [0.15, 0.2) is 28.8 Å². The second kappa shape index (κ2) is 6.37. The van der Waals surface area contributed by atoms with Gasteiger partial charge in [-0.05, 0) is 19.1 Å². The third-order valence-corrected chi connectivity index (χ3v) is 3.38. The van der Waals surface area contributed by atoms with Crippen LogP contribution in [0.4, 0.5) is 5.88 Å². The number of carbonyl (C=O) groups excluding carboxylic acids is 1. The molecule has 1 heterocycles. The number of halogens is 1. The molecule has 0 aliphatic rings. The molecule has 0 saturated carbocycles. The van der Waals surface area contributed by atoms with Crippen molar-refractivity contribution in [3.8, 4) is 11.3 Å². The number of ether oxygens (including phenoxy) is 1. The van der Waals surface area contributed by atoms with Gasteiger partial charge in [0.05, 0.1) is 12.9 Å². The summed E-state index contributed by atoms with van der Waals surface area (Å²) in [4.78, 5) is 12.1. The largest absolute Gasteiger partial charge is 0.462 e. The van der Waals surface area contributed by atoms with E-state index in [-0.39, 0.29) is 23.7 Å². The predicted molar refractivity (Wildman–Crippen MR) is 81.4 cm³/mol. The van der Waals surface area contributed by atoms with Crippen molar-refractivity contribution in [2.45, 2.75) is 6.92 Å². The zero-order valence-electron chi connectivity index (χ0n) is 11.8. The summed E-state index contributed by atoms with van der Waals surface area (Å²) in [6.07, 6.45) is 0.937. The van der Waals surface area contributed by atoms with E-state index in [9.17, 15) is 13.2 Å². The van der Waals surface area contributed by atoms with Crippen molar-refractivity contribution in [2.75, 3.05) is 17.6 Å². The number of carbonyl (C=O) groups is 1. The predicted octanol–water partition coefficient (Wildman–Crippen LogP) is 2.54. The van der Waals surface area contributed by atoms with Gasteiger partial charge < -0.3 is 9.26 Å². The molecule has 0 atom stereocenters. The molecule has 7 nitrogen and oxygen atoms in total. The van der Waals surface area contributed by atoms with Crippen molar-refractivity contribution < 1.29 is 22.5 Å². The van der Waals surface area contributed by atoms with Crippen molar-refractivity contribution in [3.05, 3.63) is 34.9 Å². The molecular weight excluding hydrogens is 332 g/mol. The van der Waals surface area contributed by atoms with Crippen LogP contribution in [-0.2, 0) is 14.8 Å². The van der Waals surface area contributed by atoms with E-state index in [0.717, 1.165) is 6.26 Å². The summed E-state index contributed by atoms with van der Waals surface area (Å²) in [7, 11) is -3.64. The number of aromatic nitrogens is 1. The highest BCUT2D eigenvalue weighted by molar-refractivity contribution is 7.92. The van der Waals surface area contributed by atoms with Crippen LogP contribution in [0.5, 0.6) is 0 Å². The Labute approximate surface area is 132 Å². The van der Waals surface area contributed by atoms with E-state index >= 15 is 0 Å². The van der Waals surface area contributed by atoms with Gasteiger partial charge in [-0.15, -0.1) is 0 Å². The molecule has 0 amide bonds. The molecule has 0 bridgehead atoms. The summed E-state index contributed by atoms with van der Waals surface area (Å²) < 4.78 is 34.7. The molecule has 1 N–H and O–H groups in total. The summed E-state index contributed by atoms with van der Waals surface area (Å²) >= 11 is 5.82. The first-order chi connectivity index (χ1) is 10.3. The average molecular weight is 345 g/mol. The molecule has 118 valence electrons. The molecule has 0 radical (unpaired) electrons. The fourth-order valence-electron chi connectivity index (χ4n) is 1.73. The monoisotopic (exact) mass is 344 g/mol. The van der Waals surface area contributed by atoms with Crippen molar-refractivity contribution in [2.24, 2.45) is 0 Å². The fraction of sp³-hybridized carbons (Fsp3) is 0.231. The van der Waals surface area contributed by atoms with E-state index in [0.29, 0.717) is 10.6 Å². The number of hydrogen-bond donors (Lipinski definition) is 1. The summed E-state index contributed by atoms with van der Waals surface area (Å²) in [6, 6.07) is 6.49. The van der Waals surface area contributed by atoms with Crippen LogP contribution in [0, 0.1) is 0 Å². The van der Waals surface area contributed by atoms with Gasteiger partial charge in [-0.3, -0.25) is 4.72 Å². The number of esters is 1. The Kier molecular flexibility index (Phi) is 4.72. The van der Waals surface area contributed by atoms with Gasteiger partial charge in [0.15, 0.2) is 5.56 Å². The van der Waals surface area contributed by atoms with Crippen LogP contribution in [0.2, 0.25) is 5.02 Å². The van der Waals surface area contributed by atoms with Gasteiger partial charge in [-0.2, -0.15) is 0 Å². The number of anilines is 1. The Balaban J connectivity index is 2.54. The maximum Gasteiger partial charge on any atom is 0.346 e.